The zero-order valence-corrected chi connectivity index (χ0v) is 20.5. The number of nitrogens with zero attached hydrogens (tertiary/aromatic N) is 5. The third kappa shape index (κ3) is 5.31. The van der Waals surface area contributed by atoms with E-state index in [1.807, 2.05) is 60.7 Å². The molecule has 0 fully saturated rings. The summed E-state index contributed by atoms with van der Waals surface area (Å²) in [5.41, 5.74) is 3.14. The van der Waals surface area contributed by atoms with Crippen LogP contribution in [0.2, 0.25) is 0 Å². The van der Waals surface area contributed by atoms with Crippen LogP contribution in [0.4, 0.5) is 0 Å². The molecule has 0 N–H and O–H groups in total. The van der Waals surface area contributed by atoms with E-state index in [2.05, 4.69) is 20.4 Å². The molecule has 5 aromatic rings. The van der Waals surface area contributed by atoms with E-state index in [1.165, 1.54) is 10.9 Å². The van der Waals surface area contributed by atoms with Crippen LogP contribution in [0.3, 0.4) is 0 Å². The maximum atomic E-state index is 11.3. The normalized spacial score (nSPS) is 10.6. The largest absolute Gasteiger partial charge is 1.00 e. The molecule has 0 unspecified atom stereocenters. The molecule has 2 aromatic heterocycles. The number of hydrogen-bond donors (Lipinski definition) is 0. The molecule has 0 bridgehead atoms. The molecule has 3 aromatic carbocycles. The molecular weight excluding hydrogens is 441 g/mol. The van der Waals surface area contributed by atoms with Crippen LogP contribution in [-0.4, -0.2) is 31.2 Å². The predicted molar refractivity (Wildman–Crippen MR) is 119 cm³/mol. The van der Waals surface area contributed by atoms with Gasteiger partial charge in [0, 0.05) is 16.5 Å². The predicted octanol–water partition coefficient (Wildman–Crippen LogP) is -0.117. The van der Waals surface area contributed by atoms with Gasteiger partial charge in [-0.05, 0) is 35.0 Å². The number of rotatable bonds is 7. The Morgan fingerprint density at radius 1 is 0.941 bits per heavy atom. The van der Waals surface area contributed by atoms with Crippen LogP contribution >= 0.6 is 0 Å². The molecule has 34 heavy (non-hydrogen) atoms. The van der Waals surface area contributed by atoms with E-state index >= 15 is 0 Å². The number of tetrazole rings is 1. The zero-order chi connectivity index (χ0) is 22.6. The van der Waals surface area contributed by atoms with Crippen molar-refractivity contribution in [2.24, 2.45) is 0 Å². The van der Waals surface area contributed by atoms with Crippen molar-refractivity contribution in [1.29, 1.82) is 0 Å². The summed E-state index contributed by atoms with van der Waals surface area (Å²) in [6.45, 7) is 0.495. The summed E-state index contributed by atoms with van der Waals surface area (Å²) < 4.78 is 5.93. The Bertz CT molecular complexity index is 1450. The van der Waals surface area contributed by atoms with Crippen molar-refractivity contribution in [3.63, 3.8) is 0 Å². The van der Waals surface area contributed by atoms with Gasteiger partial charge in [0.05, 0.1) is 23.7 Å². The minimum absolute atomic E-state index is 0. The molecule has 0 saturated heterocycles. The number of fused-ring (bicyclic) bond motifs is 1. The SMILES string of the molecule is O=C([O-])c1ccccc1Cn1nnc(-c2cccc(OCc3ccc4ccccc4n3)c2)n1.[Na+]. The second kappa shape index (κ2) is 10.6. The maximum absolute atomic E-state index is 11.3. The number of carboxylic acid groups (broad SMARTS) is 1. The molecule has 5 rings (SSSR count). The van der Waals surface area contributed by atoms with Crippen molar-refractivity contribution >= 4 is 16.9 Å². The fourth-order valence-corrected chi connectivity index (χ4v) is 3.51. The number of carbonyl (C=O) groups is 1. The molecule has 0 aliphatic rings. The minimum atomic E-state index is -1.24. The molecule has 0 atom stereocenters. The van der Waals surface area contributed by atoms with Gasteiger partial charge in [-0.25, -0.2) is 4.98 Å². The van der Waals surface area contributed by atoms with Crippen molar-refractivity contribution in [3.05, 3.63) is 102 Å². The van der Waals surface area contributed by atoms with E-state index in [4.69, 9.17) is 4.74 Å². The number of hydrogen-bond acceptors (Lipinski definition) is 7. The Labute approximate surface area is 217 Å². The molecule has 0 radical (unpaired) electrons. The third-order valence-corrected chi connectivity index (χ3v) is 5.14. The van der Waals surface area contributed by atoms with E-state index in [0.29, 0.717) is 23.7 Å². The second-order valence-corrected chi connectivity index (χ2v) is 7.40. The van der Waals surface area contributed by atoms with Gasteiger partial charge in [0.1, 0.15) is 12.4 Å². The van der Waals surface area contributed by atoms with Crippen LogP contribution in [0.25, 0.3) is 22.3 Å². The Kier molecular flexibility index (Phi) is 7.32. The van der Waals surface area contributed by atoms with Gasteiger partial charge in [0.2, 0.25) is 5.82 Å². The van der Waals surface area contributed by atoms with Crippen LogP contribution in [0.1, 0.15) is 21.6 Å². The Morgan fingerprint density at radius 2 is 1.76 bits per heavy atom. The van der Waals surface area contributed by atoms with Gasteiger partial charge in [-0.15, -0.1) is 10.2 Å². The monoisotopic (exact) mass is 459 g/mol. The molecular formula is C25H18N5NaO3. The summed E-state index contributed by atoms with van der Waals surface area (Å²) in [6, 6.07) is 25.9. The molecule has 2 heterocycles. The molecule has 0 aliphatic heterocycles. The van der Waals surface area contributed by atoms with Gasteiger partial charge in [0.25, 0.3) is 0 Å². The van der Waals surface area contributed by atoms with E-state index in [9.17, 15) is 9.90 Å². The maximum Gasteiger partial charge on any atom is 1.00 e. The quantitative estimate of drug-likeness (QED) is 0.313. The van der Waals surface area contributed by atoms with E-state index < -0.39 is 5.97 Å². The summed E-state index contributed by atoms with van der Waals surface area (Å²) in [4.78, 5) is 17.3. The first kappa shape index (κ1) is 23.6. The summed E-state index contributed by atoms with van der Waals surface area (Å²) >= 11 is 0. The van der Waals surface area contributed by atoms with Crippen LogP contribution in [-0.2, 0) is 13.2 Å². The number of benzene rings is 3. The third-order valence-electron chi connectivity index (χ3n) is 5.14. The first-order valence-electron chi connectivity index (χ1n) is 10.3. The van der Waals surface area contributed by atoms with Crippen molar-refractivity contribution in [1.82, 2.24) is 25.2 Å². The number of ether oxygens (including phenoxy) is 1. The van der Waals surface area contributed by atoms with Crippen molar-refractivity contribution in [2.75, 3.05) is 0 Å². The van der Waals surface area contributed by atoms with Gasteiger partial charge in [-0.2, -0.15) is 4.80 Å². The van der Waals surface area contributed by atoms with Gasteiger partial charge in [-0.1, -0.05) is 60.7 Å². The fraction of sp³-hybridized carbons (Fsp3) is 0.0800. The number of aromatic nitrogens is 5. The molecule has 0 aliphatic carbocycles. The van der Waals surface area contributed by atoms with Crippen LogP contribution in [0, 0.1) is 0 Å². The number of para-hydroxylation sites is 1. The minimum Gasteiger partial charge on any atom is -0.545 e. The first-order valence-corrected chi connectivity index (χ1v) is 10.3. The van der Waals surface area contributed by atoms with Crippen LogP contribution in [0.5, 0.6) is 5.75 Å². The molecule has 0 amide bonds. The van der Waals surface area contributed by atoms with Gasteiger partial charge in [-0.3, -0.25) is 0 Å². The van der Waals surface area contributed by atoms with Gasteiger partial charge >= 0.3 is 29.6 Å². The molecule has 9 heteroatoms. The smallest absolute Gasteiger partial charge is 0.545 e. The fourth-order valence-electron chi connectivity index (χ4n) is 3.51. The molecule has 8 nitrogen and oxygen atoms in total. The number of carbonyl (C=O) groups excluding carboxylic acids is 1. The van der Waals surface area contributed by atoms with Gasteiger partial charge < -0.3 is 14.6 Å². The Morgan fingerprint density at radius 3 is 2.65 bits per heavy atom. The number of carboxylic acids is 1. The number of aromatic carboxylic acids is 1. The van der Waals surface area contributed by atoms with Crippen LogP contribution in [0.15, 0.2) is 84.9 Å². The van der Waals surface area contributed by atoms with E-state index in [-0.39, 0.29) is 41.7 Å². The first-order chi connectivity index (χ1) is 16.2. The average molecular weight is 459 g/mol. The molecule has 162 valence electrons. The Balaban J connectivity index is 0.00000274. The summed E-state index contributed by atoms with van der Waals surface area (Å²) in [6.07, 6.45) is 0. The van der Waals surface area contributed by atoms with Crippen molar-refractivity contribution in [3.8, 4) is 17.1 Å². The Hall–Kier alpha value is -3.59. The number of pyridine rings is 1. The standard InChI is InChI=1S/C25H19N5O3.Na/c31-25(32)22-10-3-1-7-19(22)15-30-28-24(27-29-30)18-8-5-9-21(14-18)33-16-20-13-12-17-6-2-4-11-23(17)26-20;/h1-14H,15-16H2,(H,31,32);/q;+1/p-1. The summed E-state index contributed by atoms with van der Waals surface area (Å²) in [5, 5.41) is 24.9. The molecule has 0 saturated carbocycles. The van der Waals surface area contributed by atoms with Crippen molar-refractivity contribution in [2.45, 2.75) is 13.2 Å². The van der Waals surface area contributed by atoms with Crippen LogP contribution < -0.4 is 39.4 Å². The molecule has 0 spiro atoms. The second-order valence-electron chi connectivity index (χ2n) is 7.40. The van der Waals surface area contributed by atoms with Crippen molar-refractivity contribution < 1.29 is 44.2 Å². The summed E-state index contributed by atoms with van der Waals surface area (Å²) in [7, 11) is 0. The summed E-state index contributed by atoms with van der Waals surface area (Å²) in [5.74, 6) is -0.173. The topological polar surface area (TPSA) is 106 Å². The van der Waals surface area contributed by atoms with E-state index in [1.54, 1.807) is 18.2 Å². The van der Waals surface area contributed by atoms with E-state index in [0.717, 1.165) is 22.2 Å². The van der Waals surface area contributed by atoms with Gasteiger partial charge in [0.15, 0.2) is 0 Å². The zero-order valence-electron chi connectivity index (χ0n) is 18.5. The average Bonchev–Trinajstić information content (AvgIpc) is 3.31.